The Bertz CT molecular complexity index is 1210. The molecule has 1 aromatic heterocycles. The maximum atomic E-state index is 13.1. The van der Waals surface area contributed by atoms with Gasteiger partial charge in [0.15, 0.2) is 4.34 Å². The van der Waals surface area contributed by atoms with Crippen molar-refractivity contribution in [2.75, 3.05) is 10.7 Å². The Morgan fingerprint density at radius 3 is 2.56 bits per heavy atom. The molecule has 1 fully saturated rings. The van der Waals surface area contributed by atoms with Crippen LogP contribution in [0.15, 0.2) is 58.4 Å². The lowest BCUT2D eigenvalue weighted by Crippen LogP contribution is -2.29. The molecule has 0 spiro atoms. The minimum atomic E-state index is -0.902. The maximum Gasteiger partial charge on any atom is 0.301 e. The van der Waals surface area contributed by atoms with E-state index in [1.165, 1.54) is 28.0 Å². The van der Waals surface area contributed by atoms with Gasteiger partial charge in [0.05, 0.1) is 11.6 Å². The molecule has 1 amide bonds. The van der Waals surface area contributed by atoms with Gasteiger partial charge in [0.2, 0.25) is 5.13 Å². The van der Waals surface area contributed by atoms with E-state index >= 15 is 0 Å². The van der Waals surface area contributed by atoms with E-state index in [0.717, 1.165) is 12.2 Å². The fourth-order valence-corrected chi connectivity index (χ4v) is 5.45. The average molecular weight is 506 g/mol. The Balaban J connectivity index is 1.87. The summed E-state index contributed by atoms with van der Waals surface area (Å²) >= 11 is 14.9. The lowest BCUT2D eigenvalue weighted by atomic mass is 9.95. The van der Waals surface area contributed by atoms with Crippen LogP contribution < -0.4 is 4.90 Å². The van der Waals surface area contributed by atoms with E-state index in [9.17, 15) is 14.7 Å². The van der Waals surface area contributed by atoms with Gasteiger partial charge in [0, 0.05) is 21.4 Å². The first-order chi connectivity index (χ1) is 15.4. The number of halogens is 2. The summed E-state index contributed by atoms with van der Waals surface area (Å²) in [6, 6.07) is 12.3. The summed E-state index contributed by atoms with van der Waals surface area (Å²) in [6.45, 7) is 2.06. The zero-order chi connectivity index (χ0) is 22.8. The molecule has 2 heterocycles. The minimum absolute atomic E-state index is 0.0439. The molecule has 1 saturated heterocycles. The highest BCUT2D eigenvalue weighted by Crippen LogP contribution is 2.44. The number of aliphatic hydroxyl groups is 1. The first-order valence-electron chi connectivity index (χ1n) is 9.69. The van der Waals surface area contributed by atoms with Crippen LogP contribution >= 0.6 is 46.3 Å². The Hall–Kier alpha value is -2.39. The number of hydrogen-bond donors (Lipinski definition) is 1. The molecule has 4 rings (SSSR count). The van der Waals surface area contributed by atoms with Crippen LogP contribution in [0.5, 0.6) is 0 Å². The summed E-state index contributed by atoms with van der Waals surface area (Å²) in [5.74, 6) is -1.02. The van der Waals surface area contributed by atoms with Gasteiger partial charge in [-0.25, -0.2) is 0 Å². The SMILES string of the molecule is CCCSc1nnc(N2C(=O)C(=O)/C(=C(/O)c3ccc(Cl)cc3)C2c2cccc(Cl)c2)s1. The first-order valence-corrected chi connectivity index (χ1v) is 12.2. The molecule has 1 aliphatic rings. The van der Waals surface area contributed by atoms with E-state index in [1.54, 1.807) is 48.5 Å². The van der Waals surface area contributed by atoms with E-state index in [2.05, 4.69) is 17.1 Å². The van der Waals surface area contributed by atoms with Gasteiger partial charge in [-0.2, -0.15) is 0 Å². The fraction of sp³-hybridized carbons (Fsp3) is 0.182. The number of aromatic nitrogens is 2. The quantitative estimate of drug-likeness (QED) is 0.146. The Labute approximate surface area is 202 Å². The summed E-state index contributed by atoms with van der Waals surface area (Å²) in [5, 5.41) is 20.6. The molecular formula is C22H17Cl2N3O3S2. The van der Waals surface area contributed by atoms with Gasteiger partial charge in [-0.3, -0.25) is 14.5 Å². The van der Waals surface area contributed by atoms with Crippen molar-refractivity contribution in [1.29, 1.82) is 0 Å². The van der Waals surface area contributed by atoms with Gasteiger partial charge < -0.3 is 5.11 Å². The van der Waals surface area contributed by atoms with Crippen molar-refractivity contribution in [3.05, 3.63) is 75.3 Å². The number of aliphatic hydroxyl groups excluding tert-OH is 1. The molecule has 3 aromatic rings. The first kappa shape index (κ1) is 22.8. The van der Waals surface area contributed by atoms with Crippen LogP contribution in [0, 0.1) is 0 Å². The molecule has 1 N–H and O–H groups in total. The Morgan fingerprint density at radius 1 is 1.12 bits per heavy atom. The van der Waals surface area contributed by atoms with Crippen molar-refractivity contribution in [3.63, 3.8) is 0 Å². The summed E-state index contributed by atoms with van der Waals surface area (Å²) in [4.78, 5) is 27.5. The lowest BCUT2D eigenvalue weighted by molar-refractivity contribution is -0.132. The second kappa shape index (κ2) is 9.62. The normalized spacial score (nSPS) is 17.8. The second-order valence-electron chi connectivity index (χ2n) is 6.93. The minimum Gasteiger partial charge on any atom is -0.507 e. The van der Waals surface area contributed by atoms with Gasteiger partial charge in [-0.05, 0) is 48.4 Å². The molecule has 0 aliphatic carbocycles. The average Bonchev–Trinajstić information content (AvgIpc) is 3.35. The van der Waals surface area contributed by atoms with Crippen LogP contribution in [0.1, 0.15) is 30.5 Å². The van der Waals surface area contributed by atoms with Crippen molar-refractivity contribution in [1.82, 2.24) is 10.2 Å². The highest BCUT2D eigenvalue weighted by molar-refractivity contribution is 8.01. The molecule has 164 valence electrons. The highest BCUT2D eigenvalue weighted by atomic mass is 35.5. The molecule has 6 nitrogen and oxygen atoms in total. The number of Topliss-reactive ketones (excluding diaryl/α,β-unsaturated/α-hetero) is 1. The number of anilines is 1. The van der Waals surface area contributed by atoms with Crippen LogP contribution in [0.2, 0.25) is 10.0 Å². The van der Waals surface area contributed by atoms with Crippen molar-refractivity contribution < 1.29 is 14.7 Å². The molecule has 2 aromatic carbocycles. The predicted octanol–water partition coefficient (Wildman–Crippen LogP) is 5.97. The van der Waals surface area contributed by atoms with E-state index in [0.29, 0.717) is 25.5 Å². The predicted molar refractivity (Wildman–Crippen MR) is 129 cm³/mol. The third-order valence-electron chi connectivity index (χ3n) is 4.76. The van der Waals surface area contributed by atoms with Crippen molar-refractivity contribution >= 4 is 68.9 Å². The van der Waals surface area contributed by atoms with Crippen LogP contribution in [0.3, 0.4) is 0 Å². The number of hydrogen-bond acceptors (Lipinski definition) is 7. The molecule has 0 saturated carbocycles. The highest BCUT2D eigenvalue weighted by Gasteiger charge is 2.48. The summed E-state index contributed by atoms with van der Waals surface area (Å²) in [7, 11) is 0. The zero-order valence-corrected chi connectivity index (χ0v) is 19.9. The molecule has 0 bridgehead atoms. The van der Waals surface area contributed by atoms with Crippen molar-refractivity contribution in [3.8, 4) is 0 Å². The lowest BCUT2D eigenvalue weighted by Gasteiger charge is -2.22. The fourth-order valence-electron chi connectivity index (χ4n) is 3.33. The number of nitrogens with zero attached hydrogens (tertiary/aromatic N) is 3. The molecule has 32 heavy (non-hydrogen) atoms. The summed E-state index contributed by atoms with van der Waals surface area (Å²) in [6.07, 6.45) is 0.966. The van der Waals surface area contributed by atoms with Gasteiger partial charge in [-0.15, -0.1) is 10.2 Å². The molecular weight excluding hydrogens is 489 g/mol. The Morgan fingerprint density at radius 2 is 1.88 bits per heavy atom. The number of ketones is 1. The van der Waals surface area contributed by atoms with E-state index in [4.69, 9.17) is 23.2 Å². The van der Waals surface area contributed by atoms with Crippen LogP contribution in [0.4, 0.5) is 5.13 Å². The van der Waals surface area contributed by atoms with Gasteiger partial charge >= 0.3 is 5.91 Å². The maximum absolute atomic E-state index is 13.1. The zero-order valence-electron chi connectivity index (χ0n) is 16.8. The Kier molecular flexibility index (Phi) is 6.85. The number of rotatable bonds is 6. The van der Waals surface area contributed by atoms with E-state index < -0.39 is 17.7 Å². The molecule has 1 aliphatic heterocycles. The van der Waals surface area contributed by atoms with Gasteiger partial charge in [-0.1, -0.05) is 65.4 Å². The second-order valence-corrected chi connectivity index (χ2v) is 10.1. The van der Waals surface area contributed by atoms with Crippen LogP contribution in [-0.4, -0.2) is 32.7 Å². The van der Waals surface area contributed by atoms with Crippen molar-refractivity contribution in [2.24, 2.45) is 0 Å². The third-order valence-corrected chi connectivity index (χ3v) is 7.51. The number of carbonyl (C=O) groups is 2. The number of carbonyl (C=O) groups excluding carboxylic acids is 2. The van der Waals surface area contributed by atoms with E-state index in [-0.39, 0.29) is 16.5 Å². The molecule has 1 atom stereocenters. The molecule has 10 heteroatoms. The number of thioether (sulfide) groups is 1. The van der Waals surface area contributed by atoms with Crippen LogP contribution in [-0.2, 0) is 9.59 Å². The van der Waals surface area contributed by atoms with Crippen molar-refractivity contribution in [2.45, 2.75) is 23.7 Å². The van der Waals surface area contributed by atoms with E-state index in [1.807, 2.05) is 0 Å². The smallest absolute Gasteiger partial charge is 0.301 e. The number of benzene rings is 2. The summed E-state index contributed by atoms with van der Waals surface area (Å²) in [5.41, 5.74) is 0.901. The van der Waals surface area contributed by atoms with Crippen LogP contribution in [0.25, 0.3) is 5.76 Å². The number of amides is 1. The summed E-state index contributed by atoms with van der Waals surface area (Å²) < 4.78 is 0.700. The topological polar surface area (TPSA) is 83.4 Å². The standard InChI is InChI=1S/C22H17Cl2N3O3S2/c1-2-10-31-22-26-25-21(32-22)27-17(13-4-3-5-15(24)11-13)16(19(29)20(27)30)18(28)12-6-8-14(23)9-7-12/h3-9,11,17,28H,2,10H2,1H3/b18-16+. The monoisotopic (exact) mass is 505 g/mol. The van der Waals surface area contributed by atoms with Gasteiger partial charge in [0.1, 0.15) is 5.76 Å². The van der Waals surface area contributed by atoms with Gasteiger partial charge in [0.25, 0.3) is 5.78 Å². The third kappa shape index (κ3) is 4.41. The largest absolute Gasteiger partial charge is 0.507 e. The molecule has 0 radical (unpaired) electrons. The molecule has 1 unspecified atom stereocenters.